The van der Waals surface area contributed by atoms with Crippen molar-refractivity contribution in [2.24, 2.45) is 0 Å². The second-order valence-corrected chi connectivity index (χ2v) is 8.28. The summed E-state index contributed by atoms with van der Waals surface area (Å²) in [4.78, 5) is 19.7. The van der Waals surface area contributed by atoms with Crippen molar-refractivity contribution >= 4 is 15.9 Å². The highest BCUT2D eigenvalue weighted by Crippen LogP contribution is 2.19. The van der Waals surface area contributed by atoms with E-state index in [1.807, 2.05) is 30.3 Å². The first-order chi connectivity index (χ1) is 13.9. The third-order valence-corrected chi connectivity index (χ3v) is 6.07. The predicted octanol–water partition coefficient (Wildman–Crippen LogP) is 1.78. The molecule has 3 aromatic rings. The Hall–Kier alpha value is -2.98. The number of amides is 1. The van der Waals surface area contributed by atoms with E-state index in [9.17, 15) is 13.2 Å². The Morgan fingerprint density at radius 3 is 2.62 bits per heavy atom. The fourth-order valence-corrected chi connectivity index (χ4v) is 4.39. The first-order valence-electron chi connectivity index (χ1n) is 9.12. The molecule has 9 nitrogen and oxygen atoms in total. The standard InChI is InChI=1S/C19H23N5O4S/c1-13-19(14(2)28-24-13)29(26,27)22-9-8-18(25)23-16(12-17-20-10-11-21-17)15-6-4-3-5-7-15/h3-7,10-11,16,22H,8-9,12H2,1-2H3,(H,20,21)(H,23,25). The van der Waals surface area contributed by atoms with Gasteiger partial charge in [-0.05, 0) is 19.4 Å². The van der Waals surface area contributed by atoms with E-state index in [2.05, 4.69) is 25.2 Å². The quantitative estimate of drug-likeness (QED) is 0.487. The average molecular weight is 417 g/mol. The number of aryl methyl sites for hydroxylation is 2. The van der Waals surface area contributed by atoms with Crippen molar-refractivity contribution in [1.82, 2.24) is 25.2 Å². The lowest BCUT2D eigenvalue weighted by atomic mass is 10.0. The number of sulfonamides is 1. The van der Waals surface area contributed by atoms with Gasteiger partial charge in [0.25, 0.3) is 0 Å². The third-order valence-electron chi connectivity index (χ3n) is 4.37. The van der Waals surface area contributed by atoms with Crippen molar-refractivity contribution in [3.63, 3.8) is 0 Å². The molecule has 29 heavy (non-hydrogen) atoms. The zero-order valence-corrected chi connectivity index (χ0v) is 17.0. The van der Waals surface area contributed by atoms with Gasteiger partial charge < -0.3 is 14.8 Å². The minimum atomic E-state index is -3.80. The monoisotopic (exact) mass is 417 g/mol. The van der Waals surface area contributed by atoms with E-state index in [-0.39, 0.29) is 41.3 Å². The summed E-state index contributed by atoms with van der Waals surface area (Å²) in [5.41, 5.74) is 1.22. The van der Waals surface area contributed by atoms with Crippen molar-refractivity contribution in [3.05, 3.63) is 65.6 Å². The number of nitrogens with zero attached hydrogens (tertiary/aromatic N) is 2. The Bertz CT molecular complexity index is 1030. The van der Waals surface area contributed by atoms with Crippen LogP contribution in [0.1, 0.15) is 35.3 Å². The fourth-order valence-electron chi connectivity index (χ4n) is 3.04. The molecule has 0 aliphatic heterocycles. The second-order valence-electron chi connectivity index (χ2n) is 6.57. The number of nitrogens with one attached hydrogen (secondary N) is 3. The molecule has 3 N–H and O–H groups in total. The van der Waals surface area contributed by atoms with Gasteiger partial charge in [0.15, 0.2) is 5.76 Å². The van der Waals surface area contributed by atoms with E-state index < -0.39 is 10.0 Å². The number of aromatic amines is 1. The van der Waals surface area contributed by atoms with Crippen LogP contribution in [0.2, 0.25) is 0 Å². The lowest BCUT2D eigenvalue weighted by Gasteiger charge is -2.18. The lowest BCUT2D eigenvalue weighted by molar-refractivity contribution is -0.121. The summed E-state index contributed by atoms with van der Waals surface area (Å²) in [5.74, 6) is 0.687. The minimum absolute atomic E-state index is 0.00983. The molecule has 0 bridgehead atoms. The topological polar surface area (TPSA) is 130 Å². The molecular formula is C19H23N5O4S. The molecule has 2 heterocycles. The van der Waals surface area contributed by atoms with E-state index in [1.54, 1.807) is 19.3 Å². The van der Waals surface area contributed by atoms with Crippen LogP contribution in [-0.2, 0) is 21.2 Å². The molecule has 0 aliphatic carbocycles. The summed E-state index contributed by atoms with van der Waals surface area (Å²) in [7, 11) is -3.80. The maximum atomic E-state index is 12.5. The molecule has 1 aromatic carbocycles. The molecule has 154 valence electrons. The first kappa shape index (κ1) is 20.7. The van der Waals surface area contributed by atoms with Crippen LogP contribution in [0.15, 0.2) is 52.1 Å². The van der Waals surface area contributed by atoms with Crippen molar-refractivity contribution in [3.8, 4) is 0 Å². The summed E-state index contributed by atoms with van der Waals surface area (Å²) >= 11 is 0. The number of H-pyrrole nitrogens is 1. The highest BCUT2D eigenvalue weighted by atomic mass is 32.2. The van der Waals surface area contributed by atoms with Crippen LogP contribution in [-0.4, -0.2) is 36.0 Å². The number of aromatic nitrogens is 3. The third kappa shape index (κ3) is 5.30. The van der Waals surface area contributed by atoms with E-state index in [4.69, 9.17) is 4.52 Å². The number of rotatable bonds is 9. The number of imidazole rings is 1. The zero-order chi connectivity index (χ0) is 20.9. The molecule has 2 aromatic heterocycles. The molecule has 1 amide bonds. The molecule has 1 unspecified atom stereocenters. The van der Waals surface area contributed by atoms with Crippen molar-refractivity contribution in [2.75, 3.05) is 6.54 Å². The number of hydrogen-bond acceptors (Lipinski definition) is 6. The molecule has 3 rings (SSSR count). The van der Waals surface area contributed by atoms with E-state index in [0.29, 0.717) is 6.42 Å². The van der Waals surface area contributed by atoms with Crippen molar-refractivity contribution < 1.29 is 17.7 Å². The normalized spacial score (nSPS) is 12.6. The molecule has 0 saturated carbocycles. The van der Waals surface area contributed by atoms with Crippen LogP contribution in [0.4, 0.5) is 0 Å². The maximum absolute atomic E-state index is 12.5. The van der Waals surface area contributed by atoms with Crippen molar-refractivity contribution in [2.45, 2.75) is 37.6 Å². The fraction of sp³-hybridized carbons (Fsp3) is 0.316. The smallest absolute Gasteiger partial charge is 0.245 e. The van der Waals surface area contributed by atoms with Gasteiger partial charge in [-0.15, -0.1) is 0 Å². The van der Waals surface area contributed by atoms with Crippen LogP contribution in [0.5, 0.6) is 0 Å². The largest absolute Gasteiger partial charge is 0.360 e. The van der Waals surface area contributed by atoms with Crippen LogP contribution >= 0.6 is 0 Å². The Morgan fingerprint density at radius 2 is 2.00 bits per heavy atom. The summed E-state index contributed by atoms with van der Waals surface area (Å²) in [6.45, 7) is 3.04. The van der Waals surface area contributed by atoms with E-state index >= 15 is 0 Å². The van der Waals surface area contributed by atoms with E-state index in [1.165, 1.54) is 6.92 Å². The molecule has 10 heteroatoms. The minimum Gasteiger partial charge on any atom is -0.360 e. The maximum Gasteiger partial charge on any atom is 0.245 e. The summed E-state index contributed by atoms with van der Waals surface area (Å²) in [6, 6.07) is 9.26. The Morgan fingerprint density at radius 1 is 1.24 bits per heavy atom. The van der Waals surface area contributed by atoms with Gasteiger partial charge in [-0.1, -0.05) is 35.5 Å². The van der Waals surface area contributed by atoms with Crippen LogP contribution in [0.3, 0.4) is 0 Å². The highest BCUT2D eigenvalue weighted by molar-refractivity contribution is 7.89. The molecule has 0 fully saturated rings. The van der Waals surface area contributed by atoms with Crippen LogP contribution in [0, 0.1) is 13.8 Å². The van der Waals surface area contributed by atoms with Gasteiger partial charge in [-0.2, -0.15) is 0 Å². The predicted molar refractivity (Wildman–Crippen MR) is 105 cm³/mol. The molecule has 0 saturated heterocycles. The van der Waals surface area contributed by atoms with Crippen LogP contribution < -0.4 is 10.0 Å². The number of hydrogen-bond donors (Lipinski definition) is 3. The lowest BCUT2D eigenvalue weighted by Crippen LogP contribution is -2.34. The summed E-state index contributed by atoms with van der Waals surface area (Å²) in [6.07, 6.45) is 3.86. The average Bonchev–Trinajstić information content (AvgIpc) is 3.31. The van der Waals surface area contributed by atoms with Gasteiger partial charge in [-0.3, -0.25) is 4.79 Å². The molecule has 1 atom stereocenters. The van der Waals surface area contributed by atoms with Gasteiger partial charge in [0.2, 0.25) is 15.9 Å². The number of carbonyl (C=O) groups excluding carboxylic acids is 1. The molecule has 0 aliphatic rings. The Labute approximate surface area is 169 Å². The summed E-state index contributed by atoms with van der Waals surface area (Å²) in [5, 5.41) is 6.60. The second kappa shape index (κ2) is 9.01. The van der Waals surface area contributed by atoms with Gasteiger partial charge in [0, 0.05) is 31.8 Å². The molecule has 0 spiro atoms. The zero-order valence-electron chi connectivity index (χ0n) is 16.2. The number of carbonyl (C=O) groups is 1. The number of benzene rings is 1. The van der Waals surface area contributed by atoms with Gasteiger partial charge >= 0.3 is 0 Å². The Kier molecular flexibility index (Phi) is 6.45. The van der Waals surface area contributed by atoms with Gasteiger partial charge in [-0.25, -0.2) is 18.1 Å². The molecular weight excluding hydrogens is 394 g/mol. The van der Waals surface area contributed by atoms with E-state index in [0.717, 1.165) is 11.4 Å². The van der Waals surface area contributed by atoms with Crippen LogP contribution in [0.25, 0.3) is 0 Å². The van der Waals surface area contributed by atoms with Crippen molar-refractivity contribution in [1.29, 1.82) is 0 Å². The summed E-state index contributed by atoms with van der Waals surface area (Å²) < 4.78 is 32.2. The SMILES string of the molecule is Cc1noc(C)c1S(=O)(=O)NCCC(=O)NC(Cc1ncc[nH]1)c1ccccc1. The van der Waals surface area contributed by atoms with Gasteiger partial charge in [0.05, 0.1) is 6.04 Å². The molecule has 0 radical (unpaired) electrons. The van der Waals surface area contributed by atoms with Gasteiger partial charge in [0.1, 0.15) is 16.4 Å². The highest BCUT2D eigenvalue weighted by Gasteiger charge is 2.24. The first-order valence-corrected chi connectivity index (χ1v) is 10.6. The Balaban J connectivity index is 1.60.